The highest BCUT2D eigenvalue weighted by Gasteiger charge is 2.11. The van der Waals surface area contributed by atoms with Crippen LogP contribution in [-0.2, 0) is 6.54 Å². The minimum absolute atomic E-state index is 0.170. The molecular weight excluding hydrogens is 358 g/mol. The molecule has 0 unspecified atom stereocenters. The van der Waals surface area contributed by atoms with Crippen LogP contribution in [0.25, 0.3) is 11.1 Å². The first kappa shape index (κ1) is 20.1. The fraction of sp³-hybridized carbons (Fsp3) is 0.120. The van der Waals surface area contributed by atoms with Gasteiger partial charge in [0.15, 0.2) is 0 Å². The maximum Gasteiger partial charge on any atom is 0.257 e. The number of pyridine rings is 1. The summed E-state index contributed by atoms with van der Waals surface area (Å²) in [5.41, 5.74) is 7.21. The smallest absolute Gasteiger partial charge is 0.257 e. The quantitative estimate of drug-likeness (QED) is 0.537. The number of aryl methyl sites for hydroxylation is 2. The minimum Gasteiger partial charge on any atom is -0.381 e. The van der Waals surface area contributed by atoms with Gasteiger partial charge in [0, 0.05) is 35.9 Å². The van der Waals surface area contributed by atoms with Crippen molar-refractivity contribution in [2.24, 2.45) is 0 Å². The van der Waals surface area contributed by atoms with Crippen molar-refractivity contribution in [3.05, 3.63) is 108 Å². The molecule has 1 aromatic heterocycles. The molecule has 3 rings (SSSR count). The van der Waals surface area contributed by atoms with E-state index in [1.807, 2.05) is 56.3 Å². The molecule has 0 bridgehead atoms. The molecule has 29 heavy (non-hydrogen) atoms. The lowest BCUT2D eigenvalue weighted by atomic mass is 10.0. The molecule has 0 saturated carbocycles. The lowest BCUT2D eigenvalue weighted by molar-refractivity contribution is 0.102. The van der Waals surface area contributed by atoms with Gasteiger partial charge in [0.2, 0.25) is 0 Å². The van der Waals surface area contributed by atoms with Crippen molar-refractivity contribution < 1.29 is 4.79 Å². The van der Waals surface area contributed by atoms with E-state index < -0.39 is 0 Å². The molecule has 1 heterocycles. The second-order valence-electron chi connectivity index (χ2n) is 6.97. The molecule has 0 saturated heterocycles. The first-order valence-corrected chi connectivity index (χ1v) is 9.45. The highest BCUT2D eigenvalue weighted by molar-refractivity contribution is 6.05. The zero-order valence-electron chi connectivity index (χ0n) is 16.8. The summed E-state index contributed by atoms with van der Waals surface area (Å²) >= 11 is 0. The molecule has 3 aromatic rings. The number of nitrogens with zero attached hydrogens (tertiary/aromatic N) is 1. The van der Waals surface area contributed by atoms with Crippen LogP contribution >= 0.6 is 0 Å². The average Bonchev–Trinajstić information content (AvgIpc) is 2.75. The van der Waals surface area contributed by atoms with Gasteiger partial charge in [-0.1, -0.05) is 49.6 Å². The van der Waals surface area contributed by atoms with Gasteiger partial charge in [0.25, 0.3) is 5.91 Å². The molecule has 0 fully saturated rings. The lowest BCUT2D eigenvalue weighted by Crippen LogP contribution is -2.14. The Morgan fingerprint density at radius 2 is 1.76 bits per heavy atom. The number of hydrogen-bond donors (Lipinski definition) is 2. The van der Waals surface area contributed by atoms with Crippen LogP contribution in [-0.4, -0.2) is 10.9 Å². The van der Waals surface area contributed by atoms with Gasteiger partial charge < -0.3 is 10.6 Å². The Kier molecular flexibility index (Phi) is 6.25. The van der Waals surface area contributed by atoms with Gasteiger partial charge in [-0.15, -0.1) is 0 Å². The van der Waals surface area contributed by atoms with E-state index in [1.54, 1.807) is 18.5 Å². The Morgan fingerprint density at radius 1 is 1.03 bits per heavy atom. The number of nitrogens with one attached hydrogen (secondary N) is 2. The maximum atomic E-state index is 12.8. The molecule has 1 amide bonds. The molecule has 0 aliphatic carbocycles. The predicted octanol–water partition coefficient (Wildman–Crippen LogP) is 5.41. The zero-order chi connectivity index (χ0) is 20.8. The summed E-state index contributed by atoms with van der Waals surface area (Å²) in [7, 11) is 0. The third-order valence-electron chi connectivity index (χ3n) is 4.75. The Bertz CT molecular complexity index is 1050. The Labute approximate surface area is 172 Å². The van der Waals surface area contributed by atoms with Crippen LogP contribution in [0.1, 0.15) is 27.0 Å². The maximum absolute atomic E-state index is 12.8. The Balaban J connectivity index is 1.81. The summed E-state index contributed by atoms with van der Waals surface area (Å²) in [5, 5.41) is 6.22. The monoisotopic (exact) mass is 383 g/mol. The average molecular weight is 383 g/mol. The van der Waals surface area contributed by atoms with E-state index in [4.69, 9.17) is 0 Å². The van der Waals surface area contributed by atoms with Crippen molar-refractivity contribution in [2.75, 3.05) is 5.32 Å². The van der Waals surface area contributed by atoms with Crippen LogP contribution in [0.4, 0.5) is 5.69 Å². The highest BCUT2D eigenvalue weighted by atomic mass is 16.1. The number of rotatable bonds is 7. The molecule has 146 valence electrons. The van der Waals surface area contributed by atoms with Gasteiger partial charge in [-0.05, 0) is 54.3 Å². The van der Waals surface area contributed by atoms with Gasteiger partial charge in [0.1, 0.15) is 0 Å². The van der Waals surface area contributed by atoms with Crippen molar-refractivity contribution in [3.63, 3.8) is 0 Å². The lowest BCUT2D eigenvalue weighted by Gasteiger charge is -2.12. The van der Waals surface area contributed by atoms with Crippen molar-refractivity contribution in [3.8, 4) is 11.1 Å². The molecule has 2 aromatic carbocycles. The normalized spacial score (nSPS) is 10.3. The van der Waals surface area contributed by atoms with Gasteiger partial charge in [-0.3, -0.25) is 9.78 Å². The van der Waals surface area contributed by atoms with E-state index in [2.05, 4.69) is 34.8 Å². The van der Waals surface area contributed by atoms with Crippen LogP contribution in [0.5, 0.6) is 0 Å². The van der Waals surface area contributed by atoms with Crippen molar-refractivity contribution in [2.45, 2.75) is 20.4 Å². The van der Waals surface area contributed by atoms with E-state index in [0.29, 0.717) is 12.1 Å². The molecular formula is C25H25N3O. The summed E-state index contributed by atoms with van der Waals surface area (Å²) in [6.07, 6.45) is 5.04. The number of benzene rings is 2. The van der Waals surface area contributed by atoms with E-state index >= 15 is 0 Å². The van der Waals surface area contributed by atoms with Crippen molar-refractivity contribution in [1.29, 1.82) is 0 Å². The number of hydrogen-bond acceptors (Lipinski definition) is 3. The van der Waals surface area contributed by atoms with Gasteiger partial charge >= 0.3 is 0 Å². The molecule has 0 spiro atoms. The van der Waals surface area contributed by atoms with Crippen LogP contribution in [0.15, 0.2) is 85.9 Å². The number of aromatic nitrogens is 1. The molecule has 4 heteroatoms. The largest absolute Gasteiger partial charge is 0.381 e. The molecule has 4 nitrogen and oxygen atoms in total. The van der Waals surface area contributed by atoms with Gasteiger partial charge in [-0.25, -0.2) is 0 Å². The van der Waals surface area contributed by atoms with E-state index in [1.165, 1.54) is 0 Å². The summed E-state index contributed by atoms with van der Waals surface area (Å²) in [5.74, 6) is -0.170. The number of anilines is 1. The third kappa shape index (κ3) is 4.99. The van der Waals surface area contributed by atoms with E-state index in [-0.39, 0.29) is 5.91 Å². The number of carbonyl (C=O) groups excluding carboxylic acids is 1. The summed E-state index contributed by atoms with van der Waals surface area (Å²) in [6.45, 7) is 12.2. The first-order chi connectivity index (χ1) is 14.0. The zero-order valence-corrected chi connectivity index (χ0v) is 16.8. The fourth-order valence-corrected chi connectivity index (χ4v) is 3.07. The second-order valence-corrected chi connectivity index (χ2v) is 6.97. The summed E-state index contributed by atoms with van der Waals surface area (Å²) in [4.78, 5) is 17.1. The molecule has 0 atom stereocenters. The number of allylic oxidation sites excluding steroid dienone is 1. The first-order valence-electron chi connectivity index (χ1n) is 9.45. The minimum atomic E-state index is -0.170. The van der Waals surface area contributed by atoms with Crippen molar-refractivity contribution >= 4 is 11.6 Å². The summed E-state index contributed by atoms with van der Waals surface area (Å²) in [6, 6.07) is 15.9. The predicted molar refractivity (Wildman–Crippen MR) is 120 cm³/mol. The third-order valence-corrected chi connectivity index (χ3v) is 4.75. The Hall–Kier alpha value is -3.66. The van der Waals surface area contributed by atoms with E-state index in [9.17, 15) is 4.79 Å². The van der Waals surface area contributed by atoms with Gasteiger partial charge in [0.05, 0.1) is 5.56 Å². The molecule has 2 N–H and O–H groups in total. The second kappa shape index (κ2) is 9.02. The van der Waals surface area contributed by atoms with Crippen LogP contribution < -0.4 is 10.6 Å². The SMILES string of the molecule is C=CC(=C)NCc1cccc(-c2cncc(C(=O)Nc3c(C)cccc3C)c2)c1. The molecule has 0 aliphatic rings. The van der Waals surface area contributed by atoms with Crippen LogP contribution in [0, 0.1) is 13.8 Å². The van der Waals surface area contributed by atoms with Gasteiger partial charge in [-0.2, -0.15) is 0 Å². The highest BCUT2D eigenvalue weighted by Crippen LogP contribution is 2.23. The number of carbonyl (C=O) groups is 1. The summed E-state index contributed by atoms with van der Waals surface area (Å²) < 4.78 is 0. The standard InChI is InChI=1S/C25H25N3O/c1-5-19(4)27-14-20-10-7-11-21(12-20)22-13-23(16-26-15-22)25(29)28-24-17(2)8-6-9-18(24)3/h5-13,15-16,27H,1,4,14H2,2-3H3,(H,28,29). The van der Waals surface area contributed by atoms with E-state index in [0.717, 1.165) is 39.2 Å². The van der Waals surface area contributed by atoms with Crippen LogP contribution in [0.2, 0.25) is 0 Å². The fourth-order valence-electron chi connectivity index (χ4n) is 3.07. The molecule has 0 radical (unpaired) electrons. The topological polar surface area (TPSA) is 54.0 Å². The van der Waals surface area contributed by atoms with Crippen LogP contribution in [0.3, 0.4) is 0 Å². The van der Waals surface area contributed by atoms with Crippen molar-refractivity contribution in [1.82, 2.24) is 10.3 Å². The number of para-hydroxylation sites is 1. The Morgan fingerprint density at radius 3 is 2.48 bits per heavy atom. The number of amides is 1. The molecule has 0 aliphatic heterocycles.